The molecular weight excluding hydrogens is 715 g/mol. The van der Waals surface area contributed by atoms with E-state index in [1.165, 1.54) is 98.1 Å². The molecule has 3 heteroatoms. The van der Waals surface area contributed by atoms with E-state index in [2.05, 4.69) is 226 Å². The van der Waals surface area contributed by atoms with Gasteiger partial charge in [0.2, 0.25) is 0 Å². The highest BCUT2D eigenvalue weighted by Gasteiger charge is 2.21. The summed E-state index contributed by atoms with van der Waals surface area (Å²) in [4.78, 5) is 0. The first-order valence-corrected chi connectivity index (χ1v) is 20.4. The fraction of sp³-hybridized carbons (Fsp3) is 0. The third kappa shape index (κ3) is 4.64. The molecule has 274 valence electrons. The van der Waals surface area contributed by atoms with Gasteiger partial charge in [-0.05, 0) is 99.4 Å². The maximum Gasteiger partial charge on any atom is 0.0562 e. The predicted octanol–water partition coefficient (Wildman–Crippen LogP) is 15.0. The Morgan fingerprint density at radius 2 is 0.763 bits per heavy atom. The third-order valence-corrected chi connectivity index (χ3v) is 12.6. The van der Waals surface area contributed by atoms with Crippen molar-refractivity contribution in [1.29, 1.82) is 0 Å². The van der Waals surface area contributed by atoms with E-state index >= 15 is 0 Å². The lowest BCUT2D eigenvalue weighted by atomic mass is 9.98. The van der Waals surface area contributed by atoms with Crippen LogP contribution in [-0.4, -0.2) is 13.7 Å². The van der Waals surface area contributed by atoms with Crippen LogP contribution in [-0.2, 0) is 0 Å². The van der Waals surface area contributed by atoms with Gasteiger partial charge in [-0.25, -0.2) is 0 Å². The molecule has 0 amide bonds. The van der Waals surface area contributed by atoms with Gasteiger partial charge in [-0.2, -0.15) is 0 Å². The summed E-state index contributed by atoms with van der Waals surface area (Å²) in [5, 5.41) is 12.6. The quantitative estimate of drug-likeness (QED) is 0.170. The smallest absolute Gasteiger partial charge is 0.0562 e. The van der Waals surface area contributed by atoms with Crippen molar-refractivity contribution >= 4 is 87.0 Å². The number of hydrogen-bond donors (Lipinski definition) is 0. The second-order valence-corrected chi connectivity index (χ2v) is 15.7. The molecule has 0 bridgehead atoms. The maximum atomic E-state index is 2.49. The highest BCUT2D eigenvalue weighted by atomic mass is 15.0. The molecule has 3 aromatic heterocycles. The Bertz CT molecular complexity index is 3820. The minimum atomic E-state index is 1.13. The summed E-state index contributed by atoms with van der Waals surface area (Å²) in [6, 6.07) is 78.0. The summed E-state index contributed by atoms with van der Waals surface area (Å²) in [6.07, 6.45) is 0. The van der Waals surface area contributed by atoms with Crippen molar-refractivity contribution in [2.24, 2.45) is 0 Å². The van der Waals surface area contributed by atoms with Gasteiger partial charge < -0.3 is 13.7 Å². The highest BCUT2D eigenvalue weighted by molar-refractivity contribution is 6.25. The minimum Gasteiger partial charge on any atom is -0.309 e. The molecule has 13 rings (SSSR count). The van der Waals surface area contributed by atoms with Gasteiger partial charge >= 0.3 is 0 Å². The summed E-state index contributed by atoms with van der Waals surface area (Å²) < 4.78 is 7.36. The number of hydrogen-bond acceptors (Lipinski definition) is 0. The standard InChI is InChI=1S/C56H35N3/c1-2-16-39(17-3-1)57-50-23-10-8-20-45(50)47-31-30-41(33-53(47)57)59-52-32-27-37-14-5-7-19-44(37)56(52)49-34-48-46-21-9-11-24-51(46)58(54(48)35-55(49)59)40-28-25-38(26-29-40)43-22-12-15-36-13-4-6-18-42(36)43/h1-35H. The molecule has 0 N–H and O–H groups in total. The van der Waals surface area contributed by atoms with Crippen LogP contribution >= 0.6 is 0 Å². The number of fused-ring (bicyclic) bond motifs is 12. The largest absolute Gasteiger partial charge is 0.309 e. The Kier molecular flexibility index (Phi) is 6.72. The number of rotatable bonds is 4. The lowest BCUT2D eigenvalue weighted by molar-refractivity contribution is 1.15. The van der Waals surface area contributed by atoms with Crippen LogP contribution in [0.4, 0.5) is 0 Å². The number of benzene rings is 10. The van der Waals surface area contributed by atoms with E-state index in [1.54, 1.807) is 0 Å². The van der Waals surface area contributed by atoms with E-state index in [0.717, 1.165) is 17.1 Å². The Labute approximate surface area is 339 Å². The molecular formula is C56H35N3. The van der Waals surface area contributed by atoms with Crippen molar-refractivity contribution in [3.63, 3.8) is 0 Å². The lowest BCUT2D eigenvalue weighted by Gasteiger charge is -2.12. The zero-order chi connectivity index (χ0) is 38.6. The Balaban J connectivity index is 1.10. The molecule has 0 radical (unpaired) electrons. The predicted molar refractivity (Wildman–Crippen MR) is 250 cm³/mol. The zero-order valence-electron chi connectivity index (χ0n) is 32.0. The molecule has 3 heterocycles. The summed E-state index contributed by atoms with van der Waals surface area (Å²) in [5.74, 6) is 0. The lowest BCUT2D eigenvalue weighted by Crippen LogP contribution is -1.97. The van der Waals surface area contributed by atoms with Gasteiger partial charge in [0.25, 0.3) is 0 Å². The first-order chi connectivity index (χ1) is 29.3. The van der Waals surface area contributed by atoms with E-state index in [9.17, 15) is 0 Å². The number of aromatic nitrogens is 3. The molecule has 0 spiro atoms. The maximum absolute atomic E-state index is 2.49. The van der Waals surface area contributed by atoms with Crippen molar-refractivity contribution in [3.8, 4) is 28.2 Å². The Hall–Kier alpha value is -7.88. The zero-order valence-corrected chi connectivity index (χ0v) is 32.0. The van der Waals surface area contributed by atoms with Gasteiger partial charge in [-0.3, -0.25) is 0 Å². The average Bonchev–Trinajstić information content (AvgIpc) is 3.93. The monoisotopic (exact) mass is 749 g/mol. The Morgan fingerprint density at radius 1 is 0.237 bits per heavy atom. The minimum absolute atomic E-state index is 1.13. The van der Waals surface area contributed by atoms with Crippen molar-refractivity contribution < 1.29 is 0 Å². The highest BCUT2D eigenvalue weighted by Crippen LogP contribution is 2.43. The third-order valence-electron chi connectivity index (χ3n) is 12.6. The second kappa shape index (κ2) is 12.3. The number of para-hydroxylation sites is 3. The fourth-order valence-corrected chi connectivity index (χ4v) is 10.0. The van der Waals surface area contributed by atoms with Crippen LogP contribution in [0.5, 0.6) is 0 Å². The van der Waals surface area contributed by atoms with Gasteiger partial charge in [0, 0.05) is 49.4 Å². The van der Waals surface area contributed by atoms with Crippen LogP contribution in [0.3, 0.4) is 0 Å². The topological polar surface area (TPSA) is 14.8 Å². The van der Waals surface area contributed by atoms with E-state index in [1.807, 2.05) is 0 Å². The van der Waals surface area contributed by atoms with Gasteiger partial charge in [0.1, 0.15) is 0 Å². The van der Waals surface area contributed by atoms with Crippen LogP contribution in [0.15, 0.2) is 212 Å². The van der Waals surface area contributed by atoms with Crippen LogP contribution < -0.4 is 0 Å². The van der Waals surface area contributed by atoms with Crippen LogP contribution in [0, 0.1) is 0 Å². The molecule has 0 atom stereocenters. The molecule has 3 nitrogen and oxygen atoms in total. The molecule has 0 saturated carbocycles. The molecule has 0 aliphatic carbocycles. The molecule has 0 unspecified atom stereocenters. The van der Waals surface area contributed by atoms with Gasteiger partial charge in [-0.15, -0.1) is 0 Å². The first kappa shape index (κ1) is 32.2. The van der Waals surface area contributed by atoms with Crippen LogP contribution in [0.2, 0.25) is 0 Å². The van der Waals surface area contributed by atoms with Crippen molar-refractivity contribution in [3.05, 3.63) is 212 Å². The van der Waals surface area contributed by atoms with Gasteiger partial charge in [-0.1, -0.05) is 146 Å². The van der Waals surface area contributed by atoms with Crippen LogP contribution in [0.1, 0.15) is 0 Å². The van der Waals surface area contributed by atoms with Gasteiger partial charge in [0.15, 0.2) is 0 Å². The first-order valence-electron chi connectivity index (χ1n) is 20.4. The molecule has 13 aromatic rings. The molecule has 0 fully saturated rings. The summed E-state index contributed by atoms with van der Waals surface area (Å²) in [5.41, 5.74) is 13.0. The van der Waals surface area contributed by atoms with E-state index < -0.39 is 0 Å². The number of nitrogens with zero attached hydrogens (tertiary/aromatic N) is 3. The van der Waals surface area contributed by atoms with Crippen LogP contribution in [0.25, 0.3) is 115 Å². The van der Waals surface area contributed by atoms with E-state index in [-0.39, 0.29) is 0 Å². The summed E-state index contributed by atoms with van der Waals surface area (Å²) in [6.45, 7) is 0. The summed E-state index contributed by atoms with van der Waals surface area (Å²) in [7, 11) is 0. The van der Waals surface area contributed by atoms with Gasteiger partial charge in [0.05, 0.1) is 33.1 Å². The molecule has 0 aliphatic heterocycles. The van der Waals surface area contributed by atoms with E-state index in [0.29, 0.717) is 0 Å². The van der Waals surface area contributed by atoms with Crippen molar-refractivity contribution in [1.82, 2.24) is 13.7 Å². The SMILES string of the molecule is c1ccc(-n2c3ccccc3c3ccc(-n4c5cc6c(cc5c5c7ccccc7ccc54)c4ccccc4n6-c4ccc(-c5cccc6ccccc56)cc4)cc32)cc1. The van der Waals surface area contributed by atoms with E-state index in [4.69, 9.17) is 0 Å². The molecule has 0 aliphatic rings. The average molecular weight is 750 g/mol. The second-order valence-electron chi connectivity index (χ2n) is 15.7. The van der Waals surface area contributed by atoms with Crippen molar-refractivity contribution in [2.75, 3.05) is 0 Å². The Morgan fingerprint density at radius 3 is 1.53 bits per heavy atom. The molecule has 59 heavy (non-hydrogen) atoms. The fourth-order valence-electron chi connectivity index (χ4n) is 10.0. The normalized spacial score (nSPS) is 12.1. The summed E-state index contributed by atoms with van der Waals surface area (Å²) >= 11 is 0. The molecule has 0 saturated heterocycles. The molecule has 10 aromatic carbocycles. The van der Waals surface area contributed by atoms with Crippen molar-refractivity contribution in [2.45, 2.75) is 0 Å².